The number of hydrogen-bond acceptors (Lipinski definition) is 5. The predicted octanol–water partition coefficient (Wildman–Crippen LogP) is 3.78. The number of hydrogen-bond donors (Lipinski definition) is 3. The molecule has 2 atom stereocenters. The molecule has 1 aliphatic heterocycles. The molecular formula is C28H29N3O5. The number of carbonyl (C=O) groups excluding carboxylic acids is 2. The van der Waals surface area contributed by atoms with Gasteiger partial charge in [0.05, 0.1) is 18.2 Å². The zero-order chi connectivity index (χ0) is 25.3. The van der Waals surface area contributed by atoms with Gasteiger partial charge in [0.2, 0.25) is 5.91 Å². The first-order valence-electron chi connectivity index (χ1n) is 12.5. The van der Waals surface area contributed by atoms with E-state index in [0.29, 0.717) is 61.6 Å². The SMILES string of the molecule is N#Cc1ccc(CCCC(=O)O)c(NC(=O)[C@@H]2C[C@]23CCOc2ccc(C(=O)NCC4CC4)cc23)c1. The van der Waals surface area contributed by atoms with Gasteiger partial charge in [-0.15, -0.1) is 0 Å². The number of amides is 2. The summed E-state index contributed by atoms with van der Waals surface area (Å²) >= 11 is 0. The zero-order valence-corrected chi connectivity index (χ0v) is 20.0. The second kappa shape index (κ2) is 9.65. The first kappa shape index (κ1) is 23.9. The second-order valence-corrected chi connectivity index (χ2v) is 10.1. The summed E-state index contributed by atoms with van der Waals surface area (Å²) in [6.45, 7) is 1.20. The highest BCUT2D eigenvalue weighted by atomic mass is 16.5. The lowest BCUT2D eigenvalue weighted by atomic mass is 9.86. The van der Waals surface area contributed by atoms with Crippen LogP contribution in [0, 0.1) is 23.2 Å². The Morgan fingerprint density at radius 3 is 2.75 bits per heavy atom. The van der Waals surface area contributed by atoms with Crippen molar-refractivity contribution in [2.24, 2.45) is 11.8 Å². The zero-order valence-electron chi connectivity index (χ0n) is 20.0. The van der Waals surface area contributed by atoms with Gasteiger partial charge in [0.1, 0.15) is 5.75 Å². The van der Waals surface area contributed by atoms with E-state index in [2.05, 4.69) is 16.7 Å². The number of nitriles is 1. The topological polar surface area (TPSA) is 129 Å². The van der Waals surface area contributed by atoms with E-state index in [9.17, 15) is 19.6 Å². The largest absolute Gasteiger partial charge is 0.493 e. The molecule has 0 saturated heterocycles. The Kier molecular flexibility index (Phi) is 6.40. The average Bonchev–Trinajstić information content (AvgIpc) is 3.80. The number of benzene rings is 2. The highest BCUT2D eigenvalue weighted by molar-refractivity contribution is 5.98. The fraction of sp³-hybridized carbons (Fsp3) is 0.429. The van der Waals surface area contributed by atoms with E-state index in [1.54, 1.807) is 24.3 Å². The van der Waals surface area contributed by atoms with Crippen molar-refractivity contribution >= 4 is 23.5 Å². The Morgan fingerprint density at radius 1 is 1.17 bits per heavy atom. The molecule has 2 aromatic rings. The van der Waals surface area contributed by atoms with E-state index >= 15 is 0 Å². The van der Waals surface area contributed by atoms with Crippen LogP contribution in [0.25, 0.3) is 0 Å². The molecule has 3 N–H and O–H groups in total. The number of carbonyl (C=O) groups is 3. The summed E-state index contributed by atoms with van der Waals surface area (Å²) < 4.78 is 5.85. The van der Waals surface area contributed by atoms with E-state index in [-0.39, 0.29) is 29.6 Å². The maximum atomic E-state index is 13.4. The Hall–Kier alpha value is -3.86. The minimum Gasteiger partial charge on any atom is -0.493 e. The highest BCUT2D eigenvalue weighted by Gasteiger charge is 2.61. The van der Waals surface area contributed by atoms with Crippen molar-refractivity contribution in [1.82, 2.24) is 5.32 Å². The van der Waals surface area contributed by atoms with Crippen molar-refractivity contribution < 1.29 is 24.2 Å². The molecule has 2 aliphatic carbocycles. The maximum Gasteiger partial charge on any atom is 0.303 e. The fourth-order valence-corrected chi connectivity index (χ4v) is 5.18. The summed E-state index contributed by atoms with van der Waals surface area (Å²) in [5, 5.41) is 24.3. The Bertz CT molecular complexity index is 1260. The van der Waals surface area contributed by atoms with Crippen molar-refractivity contribution in [2.75, 3.05) is 18.5 Å². The summed E-state index contributed by atoms with van der Waals surface area (Å²) in [7, 11) is 0. The van der Waals surface area contributed by atoms with Crippen molar-refractivity contribution in [3.63, 3.8) is 0 Å². The van der Waals surface area contributed by atoms with E-state index < -0.39 is 5.97 Å². The van der Waals surface area contributed by atoms with Gasteiger partial charge in [-0.3, -0.25) is 14.4 Å². The molecule has 1 heterocycles. The highest BCUT2D eigenvalue weighted by Crippen LogP contribution is 2.61. The second-order valence-electron chi connectivity index (χ2n) is 10.1. The summed E-state index contributed by atoms with van der Waals surface area (Å²) in [5.74, 6) is -0.0784. The van der Waals surface area contributed by atoms with Crippen LogP contribution in [0.3, 0.4) is 0 Å². The first-order valence-corrected chi connectivity index (χ1v) is 12.5. The number of nitrogens with zero attached hydrogens (tertiary/aromatic N) is 1. The average molecular weight is 488 g/mol. The molecule has 186 valence electrons. The number of nitrogens with one attached hydrogen (secondary N) is 2. The summed E-state index contributed by atoms with van der Waals surface area (Å²) in [4.78, 5) is 37.0. The molecule has 2 saturated carbocycles. The fourth-order valence-electron chi connectivity index (χ4n) is 5.18. The van der Waals surface area contributed by atoms with Crippen LogP contribution >= 0.6 is 0 Å². The van der Waals surface area contributed by atoms with Crippen molar-refractivity contribution in [3.8, 4) is 11.8 Å². The lowest BCUT2D eigenvalue weighted by molar-refractivity contribution is -0.137. The van der Waals surface area contributed by atoms with E-state index in [4.69, 9.17) is 9.84 Å². The molecule has 0 bridgehead atoms. The van der Waals surface area contributed by atoms with Gasteiger partial charge in [0.15, 0.2) is 0 Å². The predicted molar refractivity (Wildman–Crippen MR) is 132 cm³/mol. The molecule has 2 amide bonds. The third kappa shape index (κ3) is 4.92. The lowest BCUT2D eigenvalue weighted by Crippen LogP contribution is -2.29. The Labute approximate surface area is 209 Å². The van der Waals surface area contributed by atoms with Gasteiger partial charge in [0.25, 0.3) is 5.91 Å². The van der Waals surface area contributed by atoms with Gasteiger partial charge in [-0.1, -0.05) is 6.07 Å². The van der Waals surface area contributed by atoms with Gasteiger partial charge in [-0.25, -0.2) is 0 Å². The van der Waals surface area contributed by atoms with Gasteiger partial charge in [0, 0.05) is 41.1 Å². The molecular weight excluding hydrogens is 458 g/mol. The molecule has 8 nitrogen and oxygen atoms in total. The van der Waals surface area contributed by atoms with Crippen molar-refractivity contribution in [1.29, 1.82) is 5.26 Å². The third-order valence-corrected chi connectivity index (χ3v) is 7.56. The molecule has 0 radical (unpaired) electrons. The Balaban J connectivity index is 1.33. The number of fused-ring (bicyclic) bond motifs is 2. The van der Waals surface area contributed by atoms with Crippen LogP contribution in [0.15, 0.2) is 36.4 Å². The summed E-state index contributed by atoms with van der Waals surface area (Å²) in [6, 6.07) is 12.7. The minimum absolute atomic E-state index is 0.0342. The molecule has 0 unspecified atom stereocenters. The Morgan fingerprint density at radius 2 is 2.00 bits per heavy atom. The molecule has 36 heavy (non-hydrogen) atoms. The number of anilines is 1. The van der Waals surface area contributed by atoms with Crippen molar-refractivity contribution in [3.05, 3.63) is 58.7 Å². The maximum absolute atomic E-state index is 13.4. The van der Waals surface area contributed by atoms with Gasteiger partial charge in [-0.2, -0.15) is 5.26 Å². The van der Waals surface area contributed by atoms with Crippen LogP contribution in [0.4, 0.5) is 5.69 Å². The lowest BCUT2D eigenvalue weighted by Gasteiger charge is -2.27. The van der Waals surface area contributed by atoms with Crippen LogP contribution in [0.2, 0.25) is 0 Å². The van der Waals surface area contributed by atoms with Gasteiger partial charge in [-0.05, 0) is 80.3 Å². The number of ether oxygens (including phenoxy) is 1. The van der Waals surface area contributed by atoms with Crippen LogP contribution in [0.1, 0.15) is 65.6 Å². The first-order chi connectivity index (χ1) is 17.4. The van der Waals surface area contributed by atoms with Crippen molar-refractivity contribution in [2.45, 2.75) is 50.4 Å². The molecule has 2 aromatic carbocycles. The third-order valence-electron chi connectivity index (χ3n) is 7.56. The quantitative estimate of drug-likeness (QED) is 0.494. The van der Waals surface area contributed by atoms with Crippen LogP contribution in [-0.2, 0) is 21.4 Å². The number of aliphatic carboxylic acids is 1. The standard InChI is InChI=1S/C28H29N3O5/c29-15-18-6-7-19(2-1-3-25(32)33)23(12-18)31-27(35)22-14-28(22)10-11-36-24-9-8-20(13-21(24)28)26(34)30-16-17-4-5-17/h6-9,12-13,17,22H,1-5,10-11,14,16H2,(H,30,34)(H,31,35)(H,32,33)/t22-,28-/m0/s1. The summed E-state index contributed by atoms with van der Waals surface area (Å²) in [6.07, 6.45) is 4.64. The van der Waals surface area contributed by atoms with E-state index in [1.807, 2.05) is 12.1 Å². The number of aryl methyl sites for hydroxylation is 1. The summed E-state index contributed by atoms with van der Waals surface area (Å²) in [5.41, 5.74) is 2.89. The molecule has 3 aliphatic rings. The van der Waals surface area contributed by atoms with Gasteiger partial charge >= 0.3 is 5.97 Å². The number of rotatable bonds is 9. The molecule has 1 spiro atoms. The monoisotopic (exact) mass is 487 g/mol. The van der Waals surface area contributed by atoms with E-state index in [1.165, 1.54) is 0 Å². The van der Waals surface area contributed by atoms with Crippen LogP contribution in [0.5, 0.6) is 5.75 Å². The minimum atomic E-state index is -0.868. The van der Waals surface area contributed by atoms with E-state index in [0.717, 1.165) is 29.7 Å². The number of carboxylic acids is 1. The van der Waals surface area contributed by atoms with Crippen LogP contribution < -0.4 is 15.4 Å². The van der Waals surface area contributed by atoms with Gasteiger partial charge < -0.3 is 20.5 Å². The molecule has 0 aromatic heterocycles. The molecule has 5 rings (SSSR count). The smallest absolute Gasteiger partial charge is 0.303 e. The van der Waals surface area contributed by atoms with Crippen LogP contribution in [-0.4, -0.2) is 36.0 Å². The molecule has 8 heteroatoms. The molecule has 2 fully saturated rings. The number of carboxylic acid groups (broad SMARTS) is 1. The normalized spacial score (nSPS) is 21.6.